The smallest absolute Gasteiger partial charge is 0.416 e. The number of aromatic amines is 1. The van der Waals surface area contributed by atoms with Crippen molar-refractivity contribution in [1.82, 2.24) is 4.98 Å². The van der Waals surface area contributed by atoms with Crippen LogP contribution in [0.5, 0.6) is 0 Å². The van der Waals surface area contributed by atoms with Gasteiger partial charge in [0.05, 0.1) is 12.7 Å². The van der Waals surface area contributed by atoms with Crippen LogP contribution in [0.2, 0.25) is 0 Å². The number of halogens is 3. The van der Waals surface area contributed by atoms with Gasteiger partial charge in [0, 0.05) is 16.5 Å². The molecule has 1 aromatic heterocycles. The second-order valence-corrected chi connectivity index (χ2v) is 4.99. The van der Waals surface area contributed by atoms with E-state index in [0.29, 0.717) is 16.6 Å². The average Bonchev–Trinajstić information content (AvgIpc) is 2.93. The number of para-hydroxylation sites is 1. The van der Waals surface area contributed by atoms with Gasteiger partial charge in [0.1, 0.15) is 5.69 Å². The van der Waals surface area contributed by atoms with E-state index in [1.54, 1.807) is 24.3 Å². The van der Waals surface area contributed by atoms with E-state index in [2.05, 4.69) is 4.98 Å². The number of fused-ring (bicyclic) bond motifs is 1. The fraction of sp³-hybridized carbons (Fsp3) is 0.118. The summed E-state index contributed by atoms with van der Waals surface area (Å²) in [5.74, 6) is -0.573. The number of aromatic nitrogens is 1. The quantitative estimate of drug-likeness (QED) is 0.699. The number of benzene rings is 2. The van der Waals surface area contributed by atoms with Crippen LogP contribution in [-0.4, -0.2) is 18.1 Å². The number of H-pyrrole nitrogens is 1. The first-order valence-corrected chi connectivity index (χ1v) is 6.78. The van der Waals surface area contributed by atoms with Crippen LogP contribution in [0.4, 0.5) is 13.2 Å². The summed E-state index contributed by atoms with van der Waals surface area (Å²) >= 11 is 0. The third kappa shape index (κ3) is 2.67. The number of esters is 1. The predicted molar refractivity (Wildman–Crippen MR) is 80.1 cm³/mol. The van der Waals surface area contributed by atoms with Crippen molar-refractivity contribution in [2.24, 2.45) is 0 Å². The van der Waals surface area contributed by atoms with Gasteiger partial charge in [-0.2, -0.15) is 13.2 Å². The van der Waals surface area contributed by atoms with Gasteiger partial charge in [0.15, 0.2) is 0 Å². The molecular weight excluding hydrogens is 307 g/mol. The van der Waals surface area contributed by atoms with Crippen molar-refractivity contribution < 1.29 is 22.7 Å². The first kappa shape index (κ1) is 15.1. The van der Waals surface area contributed by atoms with E-state index in [1.165, 1.54) is 19.2 Å². The topological polar surface area (TPSA) is 42.1 Å². The molecule has 1 heterocycles. The van der Waals surface area contributed by atoms with E-state index in [4.69, 9.17) is 4.74 Å². The number of carbonyl (C=O) groups is 1. The van der Waals surface area contributed by atoms with E-state index in [-0.39, 0.29) is 5.69 Å². The lowest BCUT2D eigenvalue weighted by molar-refractivity contribution is -0.137. The lowest BCUT2D eigenvalue weighted by atomic mass is 10.0. The maximum atomic E-state index is 12.7. The zero-order valence-electron chi connectivity index (χ0n) is 12.1. The lowest BCUT2D eigenvalue weighted by Crippen LogP contribution is -2.05. The van der Waals surface area contributed by atoms with Crippen LogP contribution in [0.15, 0.2) is 48.5 Å². The molecular formula is C17H12F3NO2. The van der Waals surface area contributed by atoms with Crippen LogP contribution < -0.4 is 0 Å². The molecule has 0 radical (unpaired) electrons. The Labute approximate surface area is 129 Å². The summed E-state index contributed by atoms with van der Waals surface area (Å²) in [4.78, 5) is 14.9. The van der Waals surface area contributed by atoms with Crippen LogP contribution in [0.1, 0.15) is 16.1 Å². The van der Waals surface area contributed by atoms with Crippen LogP contribution >= 0.6 is 0 Å². The molecule has 23 heavy (non-hydrogen) atoms. The maximum Gasteiger partial charge on any atom is 0.416 e. The number of rotatable bonds is 2. The molecule has 0 aliphatic heterocycles. The summed E-state index contributed by atoms with van der Waals surface area (Å²) in [6.45, 7) is 0. The van der Waals surface area contributed by atoms with Crippen molar-refractivity contribution in [1.29, 1.82) is 0 Å². The standard InChI is InChI=1S/C17H12F3NO2/c1-23-16(22)15-14(12-4-2-3-5-13(12)21-15)10-6-8-11(9-7-10)17(18,19)20/h2-9,21H,1H3. The van der Waals surface area contributed by atoms with Crippen LogP contribution in [0, 0.1) is 0 Å². The Morgan fingerprint density at radius 3 is 2.30 bits per heavy atom. The molecule has 0 saturated carbocycles. The first-order chi connectivity index (χ1) is 10.9. The zero-order chi connectivity index (χ0) is 16.6. The number of hydrogen-bond acceptors (Lipinski definition) is 2. The SMILES string of the molecule is COC(=O)c1[nH]c2ccccc2c1-c1ccc(C(F)(F)F)cc1. The van der Waals surface area contributed by atoms with Crippen molar-refractivity contribution in [2.75, 3.05) is 7.11 Å². The van der Waals surface area contributed by atoms with Gasteiger partial charge in [0.25, 0.3) is 0 Å². The van der Waals surface area contributed by atoms with Gasteiger partial charge in [-0.1, -0.05) is 30.3 Å². The summed E-state index contributed by atoms with van der Waals surface area (Å²) < 4.78 is 42.8. The molecule has 118 valence electrons. The number of carbonyl (C=O) groups excluding carboxylic acids is 1. The summed E-state index contributed by atoms with van der Waals surface area (Å²) in [7, 11) is 1.25. The fourth-order valence-corrected chi connectivity index (χ4v) is 2.52. The average molecular weight is 319 g/mol. The Bertz CT molecular complexity index is 864. The molecule has 0 amide bonds. The molecule has 0 atom stereocenters. The van der Waals surface area contributed by atoms with Crippen molar-refractivity contribution in [3.63, 3.8) is 0 Å². The van der Waals surface area contributed by atoms with Gasteiger partial charge >= 0.3 is 12.1 Å². The van der Waals surface area contributed by atoms with E-state index in [1.807, 2.05) is 0 Å². The lowest BCUT2D eigenvalue weighted by Gasteiger charge is -2.08. The van der Waals surface area contributed by atoms with Gasteiger partial charge in [-0.05, 0) is 23.8 Å². The Balaban J connectivity index is 2.20. The molecule has 0 aliphatic carbocycles. The maximum absolute atomic E-state index is 12.7. The summed E-state index contributed by atoms with van der Waals surface area (Å²) in [5, 5.41) is 0.743. The van der Waals surface area contributed by atoms with Gasteiger partial charge in [0.2, 0.25) is 0 Å². The summed E-state index contributed by atoms with van der Waals surface area (Å²) in [6.07, 6.45) is -4.40. The molecule has 2 aromatic carbocycles. The highest BCUT2D eigenvalue weighted by Crippen LogP contribution is 2.35. The third-order valence-electron chi connectivity index (χ3n) is 3.60. The van der Waals surface area contributed by atoms with Crippen LogP contribution in [0.3, 0.4) is 0 Å². The van der Waals surface area contributed by atoms with Crippen molar-refractivity contribution >= 4 is 16.9 Å². The molecule has 6 heteroatoms. The fourth-order valence-electron chi connectivity index (χ4n) is 2.52. The molecule has 3 aromatic rings. The number of methoxy groups -OCH3 is 1. The highest BCUT2D eigenvalue weighted by Gasteiger charge is 2.30. The largest absolute Gasteiger partial charge is 0.464 e. The number of nitrogens with one attached hydrogen (secondary N) is 1. The minimum absolute atomic E-state index is 0.216. The molecule has 0 spiro atoms. The number of hydrogen-bond donors (Lipinski definition) is 1. The number of alkyl halides is 3. The Hall–Kier alpha value is -2.76. The molecule has 1 N–H and O–H groups in total. The van der Waals surface area contributed by atoms with Gasteiger partial charge in [-0.3, -0.25) is 0 Å². The minimum Gasteiger partial charge on any atom is -0.464 e. The monoisotopic (exact) mass is 319 g/mol. The molecule has 3 rings (SSSR count). The van der Waals surface area contributed by atoms with E-state index in [0.717, 1.165) is 17.5 Å². The van der Waals surface area contributed by atoms with Crippen LogP contribution in [0.25, 0.3) is 22.0 Å². The highest BCUT2D eigenvalue weighted by atomic mass is 19.4. The first-order valence-electron chi connectivity index (χ1n) is 6.78. The summed E-state index contributed by atoms with van der Waals surface area (Å²) in [5.41, 5.74) is 1.23. The minimum atomic E-state index is -4.40. The highest BCUT2D eigenvalue weighted by molar-refractivity contribution is 6.07. The Morgan fingerprint density at radius 1 is 1.04 bits per heavy atom. The molecule has 0 saturated heterocycles. The second kappa shape index (κ2) is 5.46. The second-order valence-electron chi connectivity index (χ2n) is 4.99. The summed E-state index contributed by atoms with van der Waals surface area (Å²) in [6, 6.07) is 11.9. The molecule has 3 nitrogen and oxygen atoms in total. The number of ether oxygens (including phenoxy) is 1. The van der Waals surface area contributed by atoms with Crippen LogP contribution in [-0.2, 0) is 10.9 Å². The van der Waals surface area contributed by atoms with Gasteiger partial charge < -0.3 is 9.72 Å². The Kier molecular flexibility index (Phi) is 3.60. The third-order valence-corrected chi connectivity index (χ3v) is 3.60. The van der Waals surface area contributed by atoms with E-state index in [9.17, 15) is 18.0 Å². The molecule has 0 bridgehead atoms. The van der Waals surface area contributed by atoms with Gasteiger partial charge in [-0.15, -0.1) is 0 Å². The van der Waals surface area contributed by atoms with Gasteiger partial charge in [-0.25, -0.2) is 4.79 Å². The Morgan fingerprint density at radius 2 is 1.70 bits per heavy atom. The molecule has 0 aliphatic rings. The van der Waals surface area contributed by atoms with Crippen molar-refractivity contribution in [3.05, 3.63) is 59.8 Å². The van der Waals surface area contributed by atoms with E-state index >= 15 is 0 Å². The predicted octanol–water partition coefficient (Wildman–Crippen LogP) is 4.64. The van der Waals surface area contributed by atoms with Crippen molar-refractivity contribution in [2.45, 2.75) is 6.18 Å². The molecule has 0 unspecified atom stereocenters. The van der Waals surface area contributed by atoms with Crippen molar-refractivity contribution in [3.8, 4) is 11.1 Å². The van der Waals surface area contributed by atoms with E-state index < -0.39 is 17.7 Å². The zero-order valence-corrected chi connectivity index (χ0v) is 12.1. The normalized spacial score (nSPS) is 11.7. The molecule has 0 fully saturated rings.